The number of nitrogens with one attached hydrogen (secondary N) is 1. The first-order valence-corrected chi connectivity index (χ1v) is 6.47. The van der Waals surface area contributed by atoms with Crippen LogP contribution in [0.5, 0.6) is 0 Å². The van der Waals surface area contributed by atoms with E-state index in [0.29, 0.717) is 24.3 Å². The Morgan fingerprint density at radius 2 is 1.48 bits per heavy atom. The van der Waals surface area contributed by atoms with E-state index >= 15 is 0 Å². The van der Waals surface area contributed by atoms with Gasteiger partial charge in [0.1, 0.15) is 0 Å². The summed E-state index contributed by atoms with van der Waals surface area (Å²) in [6.07, 6.45) is -6.34. The van der Waals surface area contributed by atoms with E-state index in [9.17, 15) is 54.4 Å². The van der Waals surface area contributed by atoms with Crippen LogP contribution >= 0.6 is 0 Å². The number of nitro benzene ring substituents is 1. The first-order valence-electron chi connectivity index (χ1n) is 6.47. The number of non-ortho nitro benzene ring substituents is 1. The van der Waals surface area contributed by atoms with Gasteiger partial charge in [-0.05, 0) is 12.1 Å². The lowest BCUT2D eigenvalue weighted by Crippen LogP contribution is -2.63. The van der Waals surface area contributed by atoms with Crippen molar-refractivity contribution in [3.63, 3.8) is 0 Å². The van der Waals surface area contributed by atoms with Crippen molar-refractivity contribution in [2.75, 3.05) is 5.32 Å². The number of ether oxygens (including phenoxy) is 1. The number of nitrogens with zero attached hydrogens (tertiary/aromatic N) is 1. The average Bonchev–Trinajstić information content (AvgIpc) is 2.63. The SMILES string of the molecule is O=C(Nc1ccc([N+](=O)[O-])cc1)C(F)(F)[C@]1(F)OC(F)(F)C(F)(F)C1(F)F. The van der Waals surface area contributed by atoms with E-state index in [2.05, 4.69) is 4.74 Å². The van der Waals surface area contributed by atoms with Crippen molar-refractivity contribution >= 4 is 17.3 Å². The molecule has 1 amide bonds. The second-order valence-electron chi connectivity index (χ2n) is 5.20. The minimum absolute atomic E-state index is 0.591. The molecule has 1 aromatic rings. The molecule has 1 N–H and O–H groups in total. The lowest BCUT2D eigenvalue weighted by atomic mass is 9.99. The highest BCUT2D eigenvalue weighted by atomic mass is 19.4. The van der Waals surface area contributed by atoms with E-state index < -0.39 is 51.9 Å². The molecule has 27 heavy (non-hydrogen) atoms. The third-order valence-electron chi connectivity index (χ3n) is 3.46. The van der Waals surface area contributed by atoms with Gasteiger partial charge in [0.15, 0.2) is 0 Å². The summed E-state index contributed by atoms with van der Waals surface area (Å²) in [5.74, 6) is -29.1. The number of hydrogen-bond donors (Lipinski definition) is 1. The maximum Gasteiger partial charge on any atom is 0.428 e. The Morgan fingerprint density at radius 3 is 1.85 bits per heavy atom. The third kappa shape index (κ3) is 2.67. The predicted molar refractivity (Wildman–Crippen MR) is 66.4 cm³/mol. The van der Waals surface area contributed by atoms with Gasteiger partial charge in [-0.2, -0.15) is 39.5 Å². The van der Waals surface area contributed by atoms with Crippen molar-refractivity contribution in [3.05, 3.63) is 34.4 Å². The molecule has 6 nitrogen and oxygen atoms in total. The Morgan fingerprint density at radius 1 is 1.00 bits per heavy atom. The smallest absolute Gasteiger partial charge is 0.321 e. The summed E-state index contributed by atoms with van der Waals surface area (Å²) in [5.41, 5.74) is -1.33. The molecule has 1 atom stereocenters. The molecule has 0 saturated carbocycles. The molecule has 0 unspecified atom stereocenters. The van der Waals surface area contributed by atoms with Crippen LogP contribution in [0.2, 0.25) is 0 Å². The molecule has 1 aromatic carbocycles. The Balaban J connectivity index is 2.36. The maximum absolute atomic E-state index is 14.0. The van der Waals surface area contributed by atoms with Crippen LogP contribution < -0.4 is 5.32 Å². The molecule has 0 aromatic heterocycles. The number of benzene rings is 1. The quantitative estimate of drug-likeness (QED) is 0.464. The van der Waals surface area contributed by atoms with Crippen LogP contribution in [0.15, 0.2) is 24.3 Å². The molecular weight excluding hydrogens is 407 g/mol. The predicted octanol–water partition coefficient (Wildman–Crippen LogP) is 3.73. The van der Waals surface area contributed by atoms with Gasteiger partial charge >= 0.3 is 35.6 Å². The summed E-state index contributed by atoms with van der Waals surface area (Å²) in [6, 6.07) is 2.52. The number of hydrogen-bond acceptors (Lipinski definition) is 4. The van der Waals surface area contributed by atoms with Crippen molar-refractivity contribution in [1.82, 2.24) is 0 Å². The standard InChI is InChI=1S/C12H5F9N2O4/c13-8(14,7(24)22-5-1-3-6(4-2-5)23(25)26)11(19)9(15,16)10(17,18)12(20,21)27-11/h1-4H,(H,22,24)/t11-/m0/s1. The highest BCUT2D eigenvalue weighted by molar-refractivity contribution is 5.97. The van der Waals surface area contributed by atoms with Crippen molar-refractivity contribution in [1.29, 1.82) is 0 Å². The first-order chi connectivity index (χ1) is 12.0. The summed E-state index contributed by atoms with van der Waals surface area (Å²) in [5, 5.41) is 11.5. The van der Waals surface area contributed by atoms with E-state index in [1.54, 1.807) is 0 Å². The van der Waals surface area contributed by atoms with E-state index in [1.807, 2.05) is 0 Å². The van der Waals surface area contributed by atoms with Crippen LogP contribution in [-0.4, -0.2) is 40.6 Å². The highest BCUT2D eigenvalue weighted by Gasteiger charge is 2.96. The van der Waals surface area contributed by atoms with Gasteiger partial charge in [-0.25, -0.2) is 0 Å². The topological polar surface area (TPSA) is 81.5 Å². The number of alkyl halides is 9. The minimum atomic E-state index is -6.79. The van der Waals surface area contributed by atoms with Crippen LogP contribution in [0.1, 0.15) is 0 Å². The number of anilines is 1. The first kappa shape index (κ1) is 20.7. The zero-order valence-corrected chi connectivity index (χ0v) is 12.3. The zero-order valence-electron chi connectivity index (χ0n) is 12.3. The summed E-state index contributed by atoms with van der Waals surface area (Å²) < 4.78 is 122. The summed E-state index contributed by atoms with van der Waals surface area (Å²) in [7, 11) is 0. The molecule has 1 heterocycles. The minimum Gasteiger partial charge on any atom is -0.321 e. The number of carbonyl (C=O) groups is 1. The molecular formula is C12H5F9N2O4. The molecule has 2 rings (SSSR count). The molecule has 1 saturated heterocycles. The Bertz CT molecular complexity index is 784. The molecule has 150 valence electrons. The lowest BCUT2D eigenvalue weighted by molar-refractivity contribution is -0.384. The Hall–Kier alpha value is -2.58. The number of amides is 1. The molecule has 0 bridgehead atoms. The van der Waals surface area contributed by atoms with Crippen LogP contribution in [0, 0.1) is 10.1 Å². The Kier molecular flexibility index (Phi) is 4.38. The summed E-state index contributed by atoms with van der Waals surface area (Å²) in [4.78, 5) is 20.9. The van der Waals surface area contributed by atoms with Crippen LogP contribution in [0.3, 0.4) is 0 Å². The van der Waals surface area contributed by atoms with Gasteiger partial charge < -0.3 is 5.32 Å². The van der Waals surface area contributed by atoms with E-state index in [1.165, 1.54) is 0 Å². The number of rotatable bonds is 4. The third-order valence-corrected chi connectivity index (χ3v) is 3.46. The van der Waals surface area contributed by atoms with Crippen molar-refractivity contribution in [2.24, 2.45) is 0 Å². The fourth-order valence-electron chi connectivity index (χ4n) is 1.97. The average molecular weight is 412 g/mol. The van der Waals surface area contributed by atoms with Gasteiger partial charge in [0, 0.05) is 17.8 Å². The number of nitro groups is 1. The molecule has 1 fully saturated rings. The second kappa shape index (κ2) is 5.71. The van der Waals surface area contributed by atoms with Crippen molar-refractivity contribution in [3.8, 4) is 0 Å². The fourth-order valence-corrected chi connectivity index (χ4v) is 1.97. The van der Waals surface area contributed by atoms with E-state index in [-0.39, 0.29) is 0 Å². The van der Waals surface area contributed by atoms with Crippen molar-refractivity contribution < 1.29 is 54.0 Å². The largest absolute Gasteiger partial charge is 0.428 e. The Labute approximate surface area is 142 Å². The van der Waals surface area contributed by atoms with Crippen LogP contribution in [0.25, 0.3) is 0 Å². The van der Waals surface area contributed by atoms with E-state index in [4.69, 9.17) is 0 Å². The maximum atomic E-state index is 14.0. The lowest BCUT2D eigenvalue weighted by Gasteiger charge is -2.31. The van der Waals surface area contributed by atoms with E-state index in [0.717, 1.165) is 5.32 Å². The number of carbonyl (C=O) groups excluding carboxylic acids is 1. The highest BCUT2D eigenvalue weighted by Crippen LogP contribution is 2.64. The van der Waals surface area contributed by atoms with Gasteiger partial charge in [-0.1, -0.05) is 0 Å². The molecule has 15 heteroatoms. The van der Waals surface area contributed by atoms with Crippen molar-refractivity contribution in [2.45, 2.75) is 29.7 Å². The fraction of sp³-hybridized carbons (Fsp3) is 0.417. The molecule has 1 aliphatic heterocycles. The zero-order chi connectivity index (χ0) is 21.1. The molecule has 0 radical (unpaired) electrons. The van der Waals surface area contributed by atoms with Gasteiger partial charge in [0.2, 0.25) is 0 Å². The van der Waals surface area contributed by atoms with Gasteiger partial charge in [-0.3, -0.25) is 19.6 Å². The number of halogens is 9. The second-order valence-corrected chi connectivity index (χ2v) is 5.20. The van der Waals surface area contributed by atoms with Crippen LogP contribution in [0.4, 0.5) is 50.9 Å². The normalized spacial score (nSPS) is 25.8. The summed E-state index contributed by atoms with van der Waals surface area (Å²) >= 11 is 0. The van der Waals surface area contributed by atoms with Crippen LogP contribution in [-0.2, 0) is 9.53 Å². The monoisotopic (exact) mass is 412 g/mol. The van der Waals surface area contributed by atoms with Gasteiger partial charge in [0.05, 0.1) is 4.92 Å². The summed E-state index contributed by atoms with van der Waals surface area (Å²) in [6.45, 7) is 0. The molecule has 0 spiro atoms. The molecule has 0 aliphatic carbocycles. The van der Waals surface area contributed by atoms with Gasteiger partial charge in [-0.15, -0.1) is 0 Å². The van der Waals surface area contributed by atoms with Gasteiger partial charge in [0.25, 0.3) is 5.69 Å². The molecule has 1 aliphatic rings.